The zero-order valence-electron chi connectivity index (χ0n) is 11.7. The summed E-state index contributed by atoms with van der Waals surface area (Å²) in [6, 6.07) is 8.90. The van der Waals surface area contributed by atoms with Crippen molar-refractivity contribution in [2.75, 3.05) is 13.1 Å². The van der Waals surface area contributed by atoms with Crippen LogP contribution >= 0.6 is 0 Å². The minimum Gasteiger partial charge on any atom is -0.340 e. The molecule has 0 unspecified atom stereocenters. The van der Waals surface area contributed by atoms with E-state index in [4.69, 9.17) is 0 Å². The van der Waals surface area contributed by atoms with E-state index >= 15 is 0 Å². The van der Waals surface area contributed by atoms with Crippen LogP contribution in [0.1, 0.15) is 45.8 Å². The van der Waals surface area contributed by atoms with Gasteiger partial charge in [0, 0.05) is 18.7 Å². The van der Waals surface area contributed by atoms with Crippen LogP contribution in [0.4, 0.5) is 0 Å². The van der Waals surface area contributed by atoms with Crippen molar-refractivity contribution in [3.8, 4) is 0 Å². The van der Waals surface area contributed by atoms with Gasteiger partial charge in [0.25, 0.3) is 5.91 Å². The third-order valence-electron chi connectivity index (χ3n) is 3.75. The number of piperidine rings is 1. The van der Waals surface area contributed by atoms with Gasteiger partial charge in [-0.25, -0.2) is 4.98 Å². The van der Waals surface area contributed by atoms with Crippen molar-refractivity contribution >= 4 is 11.7 Å². The molecule has 0 bridgehead atoms. The van der Waals surface area contributed by atoms with Gasteiger partial charge < -0.3 is 9.88 Å². The van der Waals surface area contributed by atoms with Crippen LogP contribution in [-0.2, 0) is 0 Å². The van der Waals surface area contributed by atoms with E-state index in [1.807, 2.05) is 6.07 Å². The molecule has 108 valence electrons. The highest BCUT2D eigenvalue weighted by Crippen LogP contribution is 2.16. The Hall–Kier alpha value is -2.43. The van der Waals surface area contributed by atoms with E-state index in [1.165, 1.54) is 6.33 Å². The average Bonchev–Trinajstić information content (AvgIpc) is 3.04. The van der Waals surface area contributed by atoms with Crippen LogP contribution in [0.3, 0.4) is 0 Å². The highest BCUT2D eigenvalue weighted by molar-refractivity contribution is 6.13. The molecule has 0 atom stereocenters. The largest absolute Gasteiger partial charge is 0.340 e. The summed E-state index contributed by atoms with van der Waals surface area (Å²) in [5.41, 5.74) is 1.04. The monoisotopic (exact) mass is 283 g/mol. The molecule has 2 aromatic rings. The molecule has 1 N–H and O–H groups in total. The molecule has 21 heavy (non-hydrogen) atoms. The molecule has 1 saturated heterocycles. The van der Waals surface area contributed by atoms with Gasteiger partial charge in [0.2, 0.25) is 5.78 Å². The average molecular weight is 283 g/mol. The Kier molecular flexibility index (Phi) is 3.81. The predicted octanol–water partition coefficient (Wildman–Crippen LogP) is 2.27. The number of carbonyl (C=O) groups excluding carboxylic acids is 2. The maximum absolute atomic E-state index is 12.5. The number of benzene rings is 1. The quantitative estimate of drug-likeness (QED) is 0.879. The van der Waals surface area contributed by atoms with Crippen molar-refractivity contribution in [3.05, 3.63) is 53.6 Å². The molecular formula is C16H17N3O2. The first-order valence-electron chi connectivity index (χ1n) is 7.20. The van der Waals surface area contributed by atoms with Crippen LogP contribution < -0.4 is 0 Å². The summed E-state index contributed by atoms with van der Waals surface area (Å²) >= 11 is 0. The van der Waals surface area contributed by atoms with E-state index in [2.05, 4.69) is 9.97 Å². The lowest BCUT2D eigenvalue weighted by Crippen LogP contribution is -2.36. The van der Waals surface area contributed by atoms with Gasteiger partial charge in [0.1, 0.15) is 11.4 Å². The van der Waals surface area contributed by atoms with Gasteiger partial charge in [-0.1, -0.05) is 30.3 Å². The molecule has 0 radical (unpaired) electrons. The Morgan fingerprint density at radius 3 is 2.48 bits per heavy atom. The molecule has 5 heteroatoms. The fourth-order valence-electron chi connectivity index (χ4n) is 2.61. The third kappa shape index (κ3) is 2.72. The minimum absolute atomic E-state index is 0.133. The molecule has 5 nitrogen and oxygen atoms in total. The first-order chi connectivity index (χ1) is 10.3. The maximum Gasteiger partial charge on any atom is 0.272 e. The van der Waals surface area contributed by atoms with Crippen molar-refractivity contribution in [2.24, 2.45) is 0 Å². The number of rotatable bonds is 3. The first-order valence-corrected chi connectivity index (χ1v) is 7.20. The molecule has 0 spiro atoms. The second-order valence-corrected chi connectivity index (χ2v) is 5.17. The Morgan fingerprint density at radius 1 is 1.05 bits per heavy atom. The standard InChI is InChI=1S/C16H17N3O2/c20-15(12-7-3-1-4-8-12)13-14(18-11-17-13)16(21)19-9-5-2-6-10-19/h1,3-4,7-8,11H,2,5-6,9-10H2,(H,17,18). The van der Waals surface area contributed by atoms with Gasteiger partial charge in [0.15, 0.2) is 0 Å². The van der Waals surface area contributed by atoms with E-state index in [0.29, 0.717) is 11.3 Å². The maximum atomic E-state index is 12.5. The Bertz CT molecular complexity index is 643. The number of carbonyl (C=O) groups is 2. The number of hydrogen-bond acceptors (Lipinski definition) is 3. The van der Waals surface area contributed by atoms with Crippen LogP contribution in [0.15, 0.2) is 36.7 Å². The number of likely N-dealkylation sites (tertiary alicyclic amines) is 1. The fourth-order valence-corrected chi connectivity index (χ4v) is 2.61. The van der Waals surface area contributed by atoms with Gasteiger partial charge in [-0.15, -0.1) is 0 Å². The zero-order valence-corrected chi connectivity index (χ0v) is 11.7. The van der Waals surface area contributed by atoms with E-state index in [1.54, 1.807) is 29.2 Å². The lowest BCUT2D eigenvalue weighted by Gasteiger charge is -2.26. The van der Waals surface area contributed by atoms with Crippen LogP contribution in [0.25, 0.3) is 0 Å². The number of imidazole rings is 1. The number of nitrogens with one attached hydrogen (secondary N) is 1. The van der Waals surface area contributed by atoms with E-state index < -0.39 is 0 Å². The highest BCUT2D eigenvalue weighted by Gasteiger charge is 2.26. The molecule has 1 aromatic carbocycles. The number of H-pyrrole nitrogens is 1. The van der Waals surface area contributed by atoms with Crippen molar-refractivity contribution in [1.82, 2.24) is 14.9 Å². The number of ketones is 1. The molecular weight excluding hydrogens is 266 g/mol. The fraction of sp³-hybridized carbons (Fsp3) is 0.312. The lowest BCUT2D eigenvalue weighted by atomic mass is 10.1. The molecule has 0 saturated carbocycles. The van der Waals surface area contributed by atoms with Crippen LogP contribution in [0.2, 0.25) is 0 Å². The Morgan fingerprint density at radius 2 is 1.76 bits per heavy atom. The molecule has 1 aromatic heterocycles. The molecule has 1 aliphatic heterocycles. The Labute approximate surface area is 123 Å². The van der Waals surface area contributed by atoms with Crippen LogP contribution in [0, 0.1) is 0 Å². The summed E-state index contributed by atoms with van der Waals surface area (Å²) in [6.45, 7) is 1.49. The summed E-state index contributed by atoms with van der Waals surface area (Å²) < 4.78 is 0. The molecule has 2 heterocycles. The summed E-state index contributed by atoms with van der Waals surface area (Å²) in [6.07, 6.45) is 4.60. The van der Waals surface area contributed by atoms with Crippen molar-refractivity contribution in [3.63, 3.8) is 0 Å². The van der Waals surface area contributed by atoms with Crippen LogP contribution in [0.5, 0.6) is 0 Å². The van der Waals surface area contributed by atoms with Gasteiger partial charge in [-0.05, 0) is 19.3 Å². The minimum atomic E-state index is -0.225. The number of amides is 1. The summed E-state index contributed by atoms with van der Waals surface area (Å²) in [5, 5.41) is 0. The Balaban J connectivity index is 1.87. The van der Waals surface area contributed by atoms with E-state index in [-0.39, 0.29) is 17.4 Å². The number of aromatic amines is 1. The van der Waals surface area contributed by atoms with Gasteiger partial charge in [-0.2, -0.15) is 0 Å². The van der Waals surface area contributed by atoms with E-state index in [0.717, 1.165) is 32.4 Å². The normalized spacial score (nSPS) is 15.0. The lowest BCUT2D eigenvalue weighted by molar-refractivity contribution is 0.0715. The van der Waals surface area contributed by atoms with Gasteiger partial charge >= 0.3 is 0 Å². The summed E-state index contributed by atoms with van der Waals surface area (Å²) in [4.78, 5) is 33.7. The SMILES string of the molecule is O=C(c1ccccc1)c1nc[nH]c1C(=O)N1CCCCC1. The second-order valence-electron chi connectivity index (χ2n) is 5.17. The number of nitrogens with zero attached hydrogens (tertiary/aromatic N) is 2. The predicted molar refractivity (Wildman–Crippen MR) is 78.2 cm³/mol. The molecule has 0 aliphatic carbocycles. The molecule has 1 fully saturated rings. The van der Waals surface area contributed by atoms with Gasteiger partial charge in [-0.3, -0.25) is 9.59 Å². The highest BCUT2D eigenvalue weighted by atomic mass is 16.2. The number of aromatic nitrogens is 2. The molecule has 1 amide bonds. The van der Waals surface area contributed by atoms with E-state index in [9.17, 15) is 9.59 Å². The molecule has 1 aliphatic rings. The second kappa shape index (κ2) is 5.91. The third-order valence-corrected chi connectivity index (χ3v) is 3.75. The van der Waals surface area contributed by atoms with Gasteiger partial charge in [0.05, 0.1) is 6.33 Å². The van der Waals surface area contributed by atoms with Crippen LogP contribution in [-0.4, -0.2) is 39.6 Å². The topological polar surface area (TPSA) is 66.1 Å². The number of hydrogen-bond donors (Lipinski definition) is 1. The first kappa shape index (κ1) is 13.5. The summed E-state index contributed by atoms with van der Waals surface area (Å²) in [5.74, 6) is -0.358. The van der Waals surface area contributed by atoms with Crippen molar-refractivity contribution < 1.29 is 9.59 Å². The zero-order chi connectivity index (χ0) is 14.7. The van der Waals surface area contributed by atoms with Crippen molar-refractivity contribution in [1.29, 1.82) is 0 Å². The smallest absolute Gasteiger partial charge is 0.272 e. The van der Waals surface area contributed by atoms with Crippen molar-refractivity contribution in [2.45, 2.75) is 19.3 Å². The summed E-state index contributed by atoms with van der Waals surface area (Å²) in [7, 11) is 0. The molecule has 3 rings (SSSR count).